The molecule has 1 saturated heterocycles. The third-order valence-electron chi connectivity index (χ3n) is 5.50. The molecular formula is C21H31FN6O. The third kappa shape index (κ3) is 5.33. The summed E-state index contributed by atoms with van der Waals surface area (Å²) in [5, 5.41) is 11.2. The highest BCUT2D eigenvalue weighted by atomic mass is 19.1. The predicted octanol–water partition coefficient (Wildman–Crippen LogP) is 1.91. The smallest absolute Gasteiger partial charge is 0.191 e. The molecule has 0 spiro atoms. The van der Waals surface area contributed by atoms with E-state index in [9.17, 15) is 4.39 Å². The fourth-order valence-corrected chi connectivity index (χ4v) is 3.72. The summed E-state index contributed by atoms with van der Waals surface area (Å²) in [4.78, 5) is 6.67. The molecule has 3 rings (SSSR count). The van der Waals surface area contributed by atoms with Crippen molar-refractivity contribution in [3.63, 3.8) is 0 Å². The molecule has 2 N–H and O–H groups in total. The summed E-state index contributed by atoms with van der Waals surface area (Å²) in [7, 11) is 3.70. The van der Waals surface area contributed by atoms with E-state index in [-0.39, 0.29) is 11.9 Å². The Hall–Kier alpha value is -2.45. The maximum Gasteiger partial charge on any atom is 0.191 e. The largest absolute Gasteiger partial charge is 0.379 e. The molecule has 1 aliphatic heterocycles. The molecule has 8 heteroatoms. The van der Waals surface area contributed by atoms with Gasteiger partial charge < -0.3 is 15.4 Å². The number of aryl methyl sites for hydroxylation is 2. The molecule has 0 radical (unpaired) electrons. The molecule has 1 aromatic heterocycles. The molecule has 2 aromatic rings. The van der Waals surface area contributed by atoms with Crippen molar-refractivity contribution in [1.82, 2.24) is 25.3 Å². The second kappa shape index (κ2) is 9.84. The first-order chi connectivity index (χ1) is 14.0. The van der Waals surface area contributed by atoms with Gasteiger partial charge in [0.15, 0.2) is 5.96 Å². The topological polar surface area (TPSA) is 66.7 Å². The number of ether oxygens (including phenoxy) is 1. The summed E-state index contributed by atoms with van der Waals surface area (Å²) in [6, 6.07) is 6.87. The summed E-state index contributed by atoms with van der Waals surface area (Å²) in [5.74, 6) is 0.494. The van der Waals surface area contributed by atoms with Crippen molar-refractivity contribution >= 4 is 5.96 Å². The molecule has 1 atom stereocenters. The van der Waals surface area contributed by atoms with Crippen molar-refractivity contribution in [2.75, 3.05) is 39.9 Å². The number of aliphatic imine (C=N–C) groups is 1. The van der Waals surface area contributed by atoms with E-state index in [1.165, 1.54) is 11.6 Å². The van der Waals surface area contributed by atoms with E-state index in [4.69, 9.17) is 4.74 Å². The number of nitrogens with zero attached hydrogens (tertiary/aromatic N) is 4. The third-order valence-corrected chi connectivity index (χ3v) is 5.50. The van der Waals surface area contributed by atoms with Gasteiger partial charge in [-0.05, 0) is 31.5 Å². The molecule has 0 saturated carbocycles. The van der Waals surface area contributed by atoms with Crippen LogP contribution in [0.1, 0.15) is 28.6 Å². The maximum absolute atomic E-state index is 13.8. The molecule has 7 nitrogen and oxygen atoms in total. The number of hydrogen-bond acceptors (Lipinski definition) is 4. The summed E-state index contributed by atoms with van der Waals surface area (Å²) in [6.45, 7) is 8.37. The molecule has 0 bridgehead atoms. The minimum Gasteiger partial charge on any atom is -0.379 e. The minimum absolute atomic E-state index is 0.0371. The number of hydrogen-bond donors (Lipinski definition) is 2. The Morgan fingerprint density at radius 3 is 2.66 bits per heavy atom. The molecule has 29 heavy (non-hydrogen) atoms. The normalized spacial score (nSPS) is 16.7. The van der Waals surface area contributed by atoms with Gasteiger partial charge in [0, 0.05) is 51.5 Å². The molecule has 1 unspecified atom stereocenters. The quantitative estimate of drug-likeness (QED) is 0.571. The first-order valence-electron chi connectivity index (χ1n) is 10.0. The summed E-state index contributed by atoms with van der Waals surface area (Å²) in [5.41, 5.74) is 4.27. The van der Waals surface area contributed by atoms with E-state index in [2.05, 4.69) is 32.5 Å². The van der Waals surface area contributed by atoms with Crippen LogP contribution in [0.4, 0.5) is 4.39 Å². The Morgan fingerprint density at radius 1 is 1.28 bits per heavy atom. The van der Waals surface area contributed by atoms with Gasteiger partial charge in [-0.2, -0.15) is 5.10 Å². The lowest BCUT2D eigenvalue weighted by atomic mass is 10.0. The van der Waals surface area contributed by atoms with Crippen LogP contribution in [0, 0.1) is 19.7 Å². The lowest BCUT2D eigenvalue weighted by Crippen LogP contribution is -2.46. The van der Waals surface area contributed by atoms with Gasteiger partial charge in [-0.25, -0.2) is 4.39 Å². The van der Waals surface area contributed by atoms with Crippen molar-refractivity contribution < 1.29 is 9.13 Å². The average molecular weight is 403 g/mol. The molecule has 0 amide bonds. The standard InChI is InChI=1S/C21H31FN6O/c1-15-19(16(2)27(4)26-15)13-24-21(23-3)25-14-20(28-8-10-29-11-9-28)17-6-5-7-18(22)12-17/h5-7,12,20H,8-11,13-14H2,1-4H3,(H2,23,24,25). The Labute approximate surface area is 172 Å². The fourth-order valence-electron chi connectivity index (χ4n) is 3.72. The Kier molecular flexibility index (Phi) is 7.22. The van der Waals surface area contributed by atoms with Crippen molar-refractivity contribution in [1.29, 1.82) is 0 Å². The van der Waals surface area contributed by atoms with Crippen LogP contribution in [-0.4, -0.2) is 60.5 Å². The van der Waals surface area contributed by atoms with Gasteiger partial charge in [0.25, 0.3) is 0 Å². The van der Waals surface area contributed by atoms with E-state index in [1.807, 2.05) is 24.7 Å². The molecule has 1 aromatic carbocycles. The number of benzene rings is 1. The van der Waals surface area contributed by atoms with Crippen LogP contribution in [0.5, 0.6) is 0 Å². The van der Waals surface area contributed by atoms with Crippen LogP contribution in [0.15, 0.2) is 29.3 Å². The summed E-state index contributed by atoms with van der Waals surface area (Å²) in [6.07, 6.45) is 0. The zero-order valence-electron chi connectivity index (χ0n) is 17.7. The van der Waals surface area contributed by atoms with E-state index >= 15 is 0 Å². The summed E-state index contributed by atoms with van der Waals surface area (Å²) >= 11 is 0. The highest BCUT2D eigenvalue weighted by Crippen LogP contribution is 2.22. The van der Waals surface area contributed by atoms with E-state index in [1.54, 1.807) is 19.2 Å². The highest BCUT2D eigenvalue weighted by Gasteiger charge is 2.23. The van der Waals surface area contributed by atoms with Crippen LogP contribution < -0.4 is 10.6 Å². The van der Waals surface area contributed by atoms with Crippen LogP contribution in [0.25, 0.3) is 0 Å². The minimum atomic E-state index is -0.217. The maximum atomic E-state index is 13.8. The van der Waals surface area contributed by atoms with E-state index in [0.29, 0.717) is 32.3 Å². The Balaban J connectivity index is 1.66. The van der Waals surface area contributed by atoms with Crippen LogP contribution in [-0.2, 0) is 18.3 Å². The van der Waals surface area contributed by atoms with Gasteiger partial charge in [0.1, 0.15) is 5.82 Å². The molecule has 1 fully saturated rings. The molecule has 0 aliphatic carbocycles. The Bertz CT molecular complexity index is 844. The number of halogens is 1. The first-order valence-corrected chi connectivity index (χ1v) is 10.0. The van der Waals surface area contributed by atoms with Crippen LogP contribution in [0.3, 0.4) is 0 Å². The summed E-state index contributed by atoms with van der Waals surface area (Å²) < 4.78 is 21.2. The van der Waals surface area contributed by atoms with Gasteiger partial charge >= 0.3 is 0 Å². The lowest BCUT2D eigenvalue weighted by molar-refractivity contribution is 0.0169. The molecule has 1 aliphatic rings. The SMILES string of the molecule is CN=C(NCc1c(C)nn(C)c1C)NCC(c1cccc(F)c1)N1CCOCC1. The van der Waals surface area contributed by atoms with Crippen molar-refractivity contribution in [3.05, 3.63) is 52.6 Å². The monoisotopic (exact) mass is 402 g/mol. The fraction of sp³-hybridized carbons (Fsp3) is 0.524. The van der Waals surface area contributed by atoms with Crippen molar-refractivity contribution in [3.8, 4) is 0 Å². The van der Waals surface area contributed by atoms with Gasteiger partial charge in [-0.1, -0.05) is 12.1 Å². The van der Waals surface area contributed by atoms with Crippen LogP contribution >= 0.6 is 0 Å². The molecular weight excluding hydrogens is 371 g/mol. The van der Waals surface area contributed by atoms with Gasteiger partial charge in [-0.3, -0.25) is 14.6 Å². The second-order valence-corrected chi connectivity index (χ2v) is 7.30. The zero-order valence-corrected chi connectivity index (χ0v) is 17.7. The lowest BCUT2D eigenvalue weighted by Gasteiger charge is -2.35. The zero-order chi connectivity index (χ0) is 20.8. The average Bonchev–Trinajstić information content (AvgIpc) is 2.97. The number of rotatable bonds is 6. The molecule has 2 heterocycles. The number of nitrogens with one attached hydrogen (secondary N) is 2. The first kappa shape index (κ1) is 21.3. The molecule has 158 valence electrons. The van der Waals surface area contributed by atoms with Gasteiger partial charge in [-0.15, -0.1) is 0 Å². The number of morpholine rings is 1. The van der Waals surface area contributed by atoms with Crippen LogP contribution in [0.2, 0.25) is 0 Å². The highest BCUT2D eigenvalue weighted by molar-refractivity contribution is 5.79. The van der Waals surface area contributed by atoms with E-state index in [0.717, 1.165) is 30.0 Å². The second-order valence-electron chi connectivity index (χ2n) is 7.30. The van der Waals surface area contributed by atoms with Crippen molar-refractivity contribution in [2.24, 2.45) is 12.0 Å². The number of aromatic nitrogens is 2. The van der Waals surface area contributed by atoms with Crippen molar-refractivity contribution in [2.45, 2.75) is 26.4 Å². The van der Waals surface area contributed by atoms with Gasteiger partial charge in [0.05, 0.1) is 24.9 Å². The number of guanidine groups is 1. The predicted molar refractivity (Wildman–Crippen MR) is 112 cm³/mol. The van der Waals surface area contributed by atoms with Gasteiger partial charge in [0.2, 0.25) is 0 Å². The van der Waals surface area contributed by atoms with E-state index < -0.39 is 0 Å². The Morgan fingerprint density at radius 2 is 2.03 bits per heavy atom.